The number of carbonyl (C=O) groups is 3. The Morgan fingerprint density at radius 2 is 2.04 bits per heavy atom. The molecule has 0 bridgehead atoms. The summed E-state index contributed by atoms with van der Waals surface area (Å²) >= 11 is 0. The fourth-order valence-electron chi connectivity index (χ4n) is 2.09. The Kier molecular flexibility index (Phi) is 7.61. The number of rotatable bonds is 5. The first kappa shape index (κ1) is 20.2. The van der Waals surface area contributed by atoms with E-state index in [0.29, 0.717) is 30.2 Å². The lowest BCUT2D eigenvalue weighted by Gasteiger charge is -2.28. The number of carboxylic acid groups (broad SMARTS) is 2. The number of nitrogens with one attached hydrogen (secondary N) is 1. The van der Waals surface area contributed by atoms with Crippen LogP contribution in [0, 0.1) is 0 Å². The van der Waals surface area contributed by atoms with Crippen LogP contribution in [-0.4, -0.2) is 55.2 Å². The first-order chi connectivity index (χ1) is 11.8. The van der Waals surface area contributed by atoms with Crippen molar-refractivity contribution in [2.45, 2.75) is 13.3 Å². The molecule has 0 saturated carbocycles. The smallest absolute Gasteiger partial charge is 0.328 e. The maximum Gasteiger partial charge on any atom is 0.328 e. The molecular formula is C17H22N2O6. The minimum Gasteiger partial charge on any atom is -0.545 e. The van der Waals surface area contributed by atoms with E-state index >= 15 is 0 Å². The van der Waals surface area contributed by atoms with Gasteiger partial charge in [-0.3, -0.25) is 4.79 Å². The van der Waals surface area contributed by atoms with Gasteiger partial charge in [0.1, 0.15) is 11.4 Å². The highest BCUT2D eigenvalue weighted by Gasteiger charge is 2.26. The van der Waals surface area contributed by atoms with Gasteiger partial charge in [-0.2, -0.15) is 0 Å². The Morgan fingerprint density at radius 3 is 2.52 bits per heavy atom. The van der Waals surface area contributed by atoms with Crippen LogP contribution in [0.1, 0.15) is 23.7 Å². The van der Waals surface area contributed by atoms with Crippen molar-refractivity contribution in [3.63, 3.8) is 0 Å². The number of ether oxygens (including phenoxy) is 1. The number of aliphatic carboxylic acids is 2. The third kappa shape index (κ3) is 6.27. The van der Waals surface area contributed by atoms with Crippen LogP contribution < -0.4 is 14.7 Å². The second-order valence-corrected chi connectivity index (χ2v) is 5.54. The Morgan fingerprint density at radius 1 is 1.36 bits per heavy atom. The standard InChI is InChI=1S/C13H18N2O2.C4H4O4/c1-4-7-15-9-17-12-6-5-10(14(2)3)8-11(12)13(15)16;5-3(6)1-2-4(7)8/h5-6,8H,4,7,9H2,1-3H3;1-2H,(H,5,6)(H,7,8)/b;2-1-. The number of quaternary nitrogens is 1. The van der Waals surface area contributed by atoms with Gasteiger partial charge < -0.3 is 29.5 Å². The molecule has 0 saturated heterocycles. The summed E-state index contributed by atoms with van der Waals surface area (Å²) < 4.78 is 5.59. The summed E-state index contributed by atoms with van der Waals surface area (Å²) in [6.45, 7) is 3.17. The van der Waals surface area contributed by atoms with Crippen molar-refractivity contribution in [1.29, 1.82) is 0 Å². The molecule has 0 radical (unpaired) electrons. The van der Waals surface area contributed by atoms with E-state index in [-0.39, 0.29) is 5.91 Å². The molecule has 0 unspecified atom stereocenters. The van der Waals surface area contributed by atoms with Crippen LogP contribution in [0.25, 0.3) is 0 Å². The molecule has 1 aromatic carbocycles. The molecule has 136 valence electrons. The highest BCUT2D eigenvalue weighted by atomic mass is 16.5. The summed E-state index contributed by atoms with van der Waals surface area (Å²) in [5, 5.41) is 17.2. The molecule has 2 rings (SSSR count). The fourth-order valence-corrected chi connectivity index (χ4v) is 2.09. The summed E-state index contributed by atoms with van der Waals surface area (Å²) in [6.07, 6.45) is 1.89. The van der Waals surface area contributed by atoms with Crippen LogP contribution in [0.2, 0.25) is 0 Å². The van der Waals surface area contributed by atoms with Crippen molar-refractivity contribution in [2.75, 3.05) is 27.4 Å². The maximum atomic E-state index is 12.2. The fraction of sp³-hybridized carbons (Fsp3) is 0.353. The molecule has 0 aliphatic carbocycles. The van der Waals surface area contributed by atoms with Gasteiger partial charge in [-0.15, -0.1) is 0 Å². The third-order valence-electron chi connectivity index (χ3n) is 3.31. The van der Waals surface area contributed by atoms with Crippen molar-refractivity contribution < 1.29 is 34.2 Å². The van der Waals surface area contributed by atoms with Crippen LogP contribution in [0.3, 0.4) is 0 Å². The lowest BCUT2D eigenvalue weighted by molar-refractivity contribution is -0.786. The number of benzene rings is 1. The van der Waals surface area contributed by atoms with Crippen LogP contribution in [-0.2, 0) is 9.59 Å². The van der Waals surface area contributed by atoms with Gasteiger partial charge in [0, 0.05) is 24.8 Å². The predicted octanol–water partition coefficient (Wildman–Crippen LogP) is -0.958. The normalized spacial score (nSPS) is 13.1. The van der Waals surface area contributed by atoms with E-state index in [9.17, 15) is 19.5 Å². The van der Waals surface area contributed by atoms with E-state index in [1.807, 2.05) is 32.3 Å². The number of hydrogen-bond donors (Lipinski definition) is 2. The molecule has 1 aromatic rings. The van der Waals surface area contributed by atoms with E-state index in [1.54, 1.807) is 4.90 Å². The Labute approximate surface area is 145 Å². The first-order valence-electron chi connectivity index (χ1n) is 7.74. The summed E-state index contributed by atoms with van der Waals surface area (Å²) in [5.41, 5.74) is 1.78. The molecule has 8 nitrogen and oxygen atoms in total. The van der Waals surface area contributed by atoms with Crippen molar-refractivity contribution in [3.05, 3.63) is 35.9 Å². The zero-order valence-corrected chi connectivity index (χ0v) is 14.4. The van der Waals surface area contributed by atoms with E-state index in [0.717, 1.165) is 18.7 Å². The molecule has 8 heteroatoms. The van der Waals surface area contributed by atoms with Crippen molar-refractivity contribution in [3.8, 4) is 5.75 Å². The Hall–Kier alpha value is -2.87. The lowest BCUT2D eigenvalue weighted by atomic mass is 10.1. The van der Waals surface area contributed by atoms with E-state index in [1.165, 1.54) is 4.90 Å². The molecular weight excluding hydrogens is 328 g/mol. The zero-order chi connectivity index (χ0) is 19.0. The number of hydrogen-bond acceptors (Lipinski definition) is 5. The zero-order valence-electron chi connectivity index (χ0n) is 14.4. The monoisotopic (exact) mass is 350 g/mol. The second-order valence-electron chi connectivity index (χ2n) is 5.54. The molecule has 1 amide bonds. The maximum absolute atomic E-state index is 12.2. The van der Waals surface area contributed by atoms with Crippen LogP contribution >= 0.6 is 0 Å². The van der Waals surface area contributed by atoms with Gasteiger partial charge in [0.25, 0.3) is 5.91 Å². The van der Waals surface area contributed by atoms with Gasteiger partial charge in [-0.25, -0.2) is 4.79 Å². The SMILES string of the molecule is CCCN1COc2ccc([NH+](C)C)cc2C1=O.O=C([O-])/C=C\C(=O)O. The van der Waals surface area contributed by atoms with Crippen LogP contribution in [0.5, 0.6) is 5.75 Å². The van der Waals surface area contributed by atoms with Crippen molar-refractivity contribution in [2.24, 2.45) is 0 Å². The number of fused-ring (bicyclic) bond motifs is 1. The van der Waals surface area contributed by atoms with Crippen molar-refractivity contribution in [1.82, 2.24) is 4.90 Å². The Balaban J connectivity index is 0.000000333. The minimum absolute atomic E-state index is 0.0798. The minimum atomic E-state index is -1.51. The highest BCUT2D eigenvalue weighted by Crippen LogP contribution is 2.26. The van der Waals surface area contributed by atoms with Crippen molar-refractivity contribution >= 4 is 23.5 Å². The molecule has 2 N–H and O–H groups in total. The van der Waals surface area contributed by atoms with Crippen LogP contribution in [0.15, 0.2) is 30.4 Å². The largest absolute Gasteiger partial charge is 0.545 e. The second kappa shape index (κ2) is 9.43. The van der Waals surface area contributed by atoms with Gasteiger partial charge in [0.05, 0.1) is 25.6 Å². The Bertz CT molecular complexity index is 653. The van der Waals surface area contributed by atoms with Gasteiger partial charge >= 0.3 is 5.97 Å². The molecule has 1 heterocycles. The third-order valence-corrected chi connectivity index (χ3v) is 3.31. The van der Waals surface area contributed by atoms with Gasteiger partial charge in [-0.1, -0.05) is 6.92 Å². The van der Waals surface area contributed by atoms with E-state index in [2.05, 4.69) is 6.92 Å². The summed E-state index contributed by atoms with van der Waals surface area (Å²) in [7, 11) is 4.08. The number of amides is 1. The molecule has 0 atom stereocenters. The lowest BCUT2D eigenvalue weighted by Crippen LogP contribution is -3.00. The molecule has 25 heavy (non-hydrogen) atoms. The molecule has 0 aromatic heterocycles. The quantitative estimate of drug-likeness (QED) is 0.662. The average molecular weight is 350 g/mol. The number of nitrogens with zero attached hydrogens (tertiary/aromatic N) is 1. The molecule has 1 aliphatic heterocycles. The first-order valence-corrected chi connectivity index (χ1v) is 7.74. The van der Waals surface area contributed by atoms with Gasteiger partial charge in [0.2, 0.25) is 0 Å². The number of carbonyl (C=O) groups excluding carboxylic acids is 2. The molecule has 0 fully saturated rings. The average Bonchev–Trinajstić information content (AvgIpc) is 2.56. The summed E-state index contributed by atoms with van der Waals surface area (Å²) in [6, 6.07) is 5.81. The van der Waals surface area contributed by atoms with Crippen LogP contribution in [0.4, 0.5) is 5.69 Å². The highest BCUT2D eigenvalue weighted by molar-refractivity contribution is 5.98. The summed E-state index contributed by atoms with van der Waals surface area (Å²) in [4.78, 5) is 34.1. The summed E-state index contributed by atoms with van der Waals surface area (Å²) in [5.74, 6) is -2.02. The van der Waals surface area contributed by atoms with E-state index < -0.39 is 11.9 Å². The molecule has 1 aliphatic rings. The van der Waals surface area contributed by atoms with Gasteiger partial charge in [0.15, 0.2) is 6.73 Å². The van der Waals surface area contributed by atoms with Gasteiger partial charge in [-0.05, 0) is 18.6 Å². The topological polar surface area (TPSA) is 111 Å². The number of carboxylic acids is 2. The van der Waals surface area contributed by atoms with E-state index in [4.69, 9.17) is 9.84 Å². The predicted molar refractivity (Wildman–Crippen MR) is 87.5 cm³/mol. The molecule has 0 spiro atoms.